The van der Waals surface area contributed by atoms with Crippen LogP contribution in [0.4, 0.5) is 4.39 Å². The van der Waals surface area contributed by atoms with E-state index in [1.54, 1.807) is 16.8 Å². The third kappa shape index (κ3) is 6.50. The molecule has 2 rings (SSSR count). The smallest absolute Gasteiger partial charge is 0.402 e. The van der Waals surface area contributed by atoms with Crippen molar-refractivity contribution in [1.82, 2.24) is 20.2 Å². The van der Waals surface area contributed by atoms with Gasteiger partial charge in [-0.1, -0.05) is 12.1 Å². The summed E-state index contributed by atoms with van der Waals surface area (Å²) in [5, 5.41) is 28.6. The van der Waals surface area contributed by atoms with Gasteiger partial charge in [0, 0.05) is 6.61 Å². The number of nitrogens with zero attached hydrogens (tertiary/aromatic N) is 4. The third-order valence-corrected chi connectivity index (χ3v) is 3.29. The Hall–Kier alpha value is -1.59. The Labute approximate surface area is 145 Å². The summed E-state index contributed by atoms with van der Waals surface area (Å²) >= 11 is 0. The highest BCUT2D eigenvalue weighted by Gasteiger charge is 2.15. The molecule has 1 heterocycles. The molecule has 0 spiro atoms. The van der Waals surface area contributed by atoms with Crippen molar-refractivity contribution in [2.75, 3.05) is 6.61 Å². The Morgan fingerprint density at radius 3 is 2.83 bits per heavy atom. The zero-order valence-electron chi connectivity index (χ0n) is 13.0. The standard InChI is InChI=1S/C13H19BFN5O3.ClH/c15-11-5-3-4-10(8-11)9-20-13(17-18-19-20)12(16)6-1-2-7-23-14(21)22;/h3-5,8,12,21-22H,1-2,6-7,9,16H2;1H. The fourth-order valence-corrected chi connectivity index (χ4v) is 2.18. The monoisotopic (exact) mass is 359 g/mol. The summed E-state index contributed by atoms with van der Waals surface area (Å²) in [4.78, 5) is 0. The van der Waals surface area contributed by atoms with Gasteiger partial charge in [-0.05, 0) is 47.4 Å². The van der Waals surface area contributed by atoms with Crippen LogP contribution < -0.4 is 5.73 Å². The fourth-order valence-electron chi connectivity index (χ4n) is 2.18. The summed E-state index contributed by atoms with van der Waals surface area (Å²) in [6, 6.07) is 5.86. The van der Waals surface area contributed by atoms with Crippen molar-refractivity contribution in [1.29, 1.82) is 0 Å². The molecule has 4 N–H and O–H groups in total. The van der Waals surface area contributed by atoms with Crippen LogP contribution in [0, 0.1) is 5.82 Å². The molecule has 1 aromatic heterocycles. The van der Waals surface area contributed by atoms with E-state index in [-0.39, 0.29) is 30.9 Å². The average Bonchev–Trinajstić information content (AvgIpc) is 2.94. The average molecular weight is 360 g/mol. The van der Waals surface area contributed by atoms with Crippen LogP contribution in [0.3, 0.4) is 0 Å². The molecule has 0 saturated heterocycles. The van der Waals surface area contributed by atoms with Crippen molar-refractivity contribution < 1.29 is 19.1 Å². The van der Waals surface area contributed by atoms with Crippen LogP contribution >= 0.6 is 12.4 Å². The van der Waals surface area contributed by atoms with Crippen molar-refractivity contribution >= 4 is 19.7 Å². The predicted octanol–water partition coefficient (Wildman–Crippen LogP) is 0.438. The predicted molar refractivity (Wildman–Crippen MR) is 87.5 cm³/mol. The molecule has 1 atom stereocenters. The van der Waals surface area contributed by atoms with Crippen molar-refractivity contribution in [3.8, 4) is 0 Å². The molecule has 0 radical (unpaired) electrons. The first-order chi connectivity index (χ1) is 11.1. The van der Waals surface area contributed by atoms with Crippen LogP contribution in [-0.4, -0.2) is 44.2 Å². The molecule has 8 nitrogen and oxygen atoms in total. The minimum Gasteiger partial charge on any atom is -0.402 e. The number of tetrazole rings is 1. The molecule has 0 aliphatic heterocycles. The van der Waals surface area contributed by atoms with Gasteiger partial charge in [-0.2, -0.15) is 0 Å². The first-order valence-electron chi connectivity index (χ1n) is 7.30. The molecule has 0 bridgehead atoms. The van der Waals surface area contributed by atoms with Gasteiger partial charge in [0.1, 0.15) is 5.82 Å². The Balaban J connectivity index is 0.00000288. The van der Waals surface area contributed by atoms with Gasteiger partial charge in [0.2, 0.25) is 0 Å². The van der Waals surface area contributed by atoms with Crippen molar-refractivity contribution in [2.24, 2.45) is 5.73 Å². The number of unbranched alkanes of at least 4 members (excludes halogenated alkanes) is 1. The third-order valence-electron chi connectivity index (χ3n) is 3.29. The second-order valence-electron chi connectivity index (χ2n) is 5.12. The van der Waals surface area contributed by atoms with Gasteiger partial charge in [0.25, 0.3) is 0 Å². The molecule has 2 aromatic rings. The van der Waals surface area contributed by atoms with Crippen LogP contribution in [0.1, 0.15) is 36.7 Å². The van der Waals surface area contributed by atoms with E-state index in [0.717, 1.165) is 12.0 Å². The second-order valence-corrected chi connectivity index (χ2v) is 5.12. The van der Waals surface area contributed by atoms with Gasteiger partial charge in [0.15, 0.2) is 5.82 Å². The lowest BCUT2D eigenvalue weighted by Crippen LogP contribution is -2.19. The van der Waals surface area contributed by atoms with Crippen LogP contribution in [0.2, 0.25) is 0 Å². The maximum Gasteiger partial charge on any atom is 0.633 e. The number of rotatable bonds is 9. The minimum atomic E-state index is -1.75. The van der Waals surface area contributed by atoms with Crippen LogP contribution in [0.25, 0.3) is 0 Å². The Morgan fingerprint density at radius 2 is 2.12 bits per heavy atom. The van der Waals surface area contributed by atoms with Gasteiger partial charge >= 0.3 is 7.32 Å². The lowest BCUT2D eigenvalue weighted by molar-refractivity contribution is 0.181. The molecule has 24 heavy (non-hydrogen) atoms. The van der Waals surface area contributed by atoms with E-state index in [0.29, 0.717) is 25.2 Å². The molecular formula is C13H20BClFN5O3. The summed E-state index contributed by atoms with van der Waals surface area (Å²) in [6.45, 7) is 0.576. The van der Waals surface area contributed by atoms with E-state index < -0.39 is 7.32 Å². The fraction of sp³-hybridized carbons (Fsp3) is 0.462. The molecule has 0 fully saturated rings. The largest absolute Gasteiger partial charge is 0.633 e. The molecule has 1 unspecified atom stereocenters. The molecule has 11 heteroatoms. The second kappa shape index (κ2) is 10.3. The van der Waals surface area contributed by atoms with E-state index in [1.807, 2.05) is 0 Å². The summed E-state index contributed by atoms with van der Waals surface area (Å²) in [5.74, 6) is 0.213. The SMILES string of the molecule is Cl.NC(CCCCOB(O)O)c1nnnn1Cc1cccc(F)c1. The Bertz CT molecular complexity index is 619. The van der Waals surface area contributed by atoms with E-state index >= 15 is 0 Å². The van der Waals surface area contributed by atoms with E-state index in [9.17, 15) is 4.39 Å². The molecule has 0 amide bonds. The lowest BCUT2D eigenvalue weighted by atomic mass is 10.1. The highest BCUT2D eigenvalue weighted by molar-refractivity contribution is 6.32. The maximum absolute atomic E-state index is 13.2. The summed E-state index contributed by atoms with van der Waals surface area (Å²) < 4.78 is 19.4. The lowest BCUT2D eigenvalue weighted by Gasteiger charge is -2.12. The number of hydrogen-bond donors (Lipinski definition) is 3. The normalized spacial score (nSPS) is 11.8. The molecule has 132 valence electrons. The zero-order valence-corrected chi connectivity index (χ0v) is 13.8. The minimum absolute atomic E-state index is 0. The van der Waals surface area contributed by atoms with Gasteiger partial charge in [0.05, 0.1) is 12.6 Å². The number of halogens is 2. The highest BCUT2D eigenvalue weighted by Crippen LogP contribution is 2.15. The van der Waals surface area contributed by atoms with Crippen LogP contribution in [-0.2, 0) is 11.2 Å². The quantitative estimate of drug-likeness (QED) is 0.439. The molecule has 0 aliphatic carbocycles. The molecule has 0 saturated carbocycles. The highest BCUT2D eigenvalue weighted by atomic mass is 35.5. The molecular weight excluding hydrogens is 339 g/mol. The van der Waals surface area contributed by atoms with Gasteiger partial charge in [-0.3, -0.25) is 0 Å². The maximum atomic E-state index is 13.2. The van der Waals surface area contributed by atoms with E-state index in [2.05, 4.69) is 20.2 Å². The first kappa shape index (κ1) is 20.5. The van der Waals surface area contributed by atoms with Crippen molar-refractivity contribution in [2.45, 2.75) is 31.8 Å². The van der Waals surface area contributed by atoms with Gasteiger partial charge in [-0.15, -0.1) is 17.5 Å². The van der Waals surface area contributed by atoms with Gasteiger partial charge in [-0.25, -0.2) is 9.07 Å². The summed E-state index contributed by atoms with van der Waals surface area (Å²) in [7, 11) is -1.75. The van der Waals surface area contributed by atoms with Crippen LogP contribution in [0.15, 0.2) is 24.3 Å². The summed E-state index contributed by atoms with van der Waals surface area (Å²) in [6.07, 6.45) is 1.98. The number of nitrogens with two attached hydrogens (primary N) is 1. The number of hydrogen-bond acceptors (Lipinski definition) is 7. The molecule has 0 aliphatic rings. The first-order valence-corrected chi connectivity index (χ1v) is 7.30. The van der Waals surface area contributed by atoms with Crippen molar-refractivity contribution in [3.05, 3.63) is 41.5 Å². The summed E-state index contributed by atoms with van der Waals surface area (Å²) in [5.41, 5.74) is 6.84. The van der Waals surface area contributed by atoms with E-state index in [1.165, 1.54) is 12.1 Å². The Morgan fingerprint density at radius 1 is 1.33 bits per heavy atom. The Kier molecular flexibility index (Phi) is 8.79. The van der Waals surface area contributed by atoms with Gasteiger partial charge < -0.3 is 20.4 Å². The van der Waals surface area contributed by atoms with Crippen molar-refractivity contribution in [3.63, 3.8) is 0 Å². The number of aromatic nitrogens is 4. The topological polar surface area (TPSA) is 119 Å². The number of benzene rings is 1. The zero-order chi connectivity index (χ0) is 16.7. The van der Waals surface area contributed by atoms with E-state index in [4.69, 9.17) is 15.8 Å². The van der Waals surface area contributed by atoms with Crippen LogP contribution in [0.5, 0.6) is 0 Å². The molecule has 1 aromatic carbocycles.